The number of hydrogen-bond acceptors (Lipinski definition) is 11. The highest BCUT2D eigenvalue weighted by Gasteiger charge is 2.38. The van der Waals surface area contributed by atoms with Crippen molar-refractivity contribution in [3.8, 4) is 0 Å². The van der Waals surface area contributed by atoms with E-state index in [1.165, 1.54) is 11.0 Å². The summed E-state index contributed by atoms with van der Waals surface area (Å²) in [7, 11) is 1.59. The lowest BCUT2D eigenvalue weighted by molar-refractivity contribution is -0.147. The average Bonchev–Trinajstić information content (AvgIpc) is 3.40. The molecule has 0 radical (unpaired) electrons. The van der Waals surface area contributed by atoms with E-state index in [-0.39, 0.29) is 67.3 Å². The van der Waals surface area contributed by atoms with Gasteiger partial charge in [0.25, 0.3) is 5.91 Å². The normalized spacial score (nSPS) is 19.4. The molecule has 0 bridgehead atoms. The van der Waals surface area contributed by atoms with Gasteiger partial charge in [-0.3, -0.25) is 19.4 Å². The lowest BCUT2D eigenvalue weighted by Crippen LogP contribution is -2.57. The number of fused-ring (bicyclic) bond motifs is 1. The number of likely N-dealkylation sites (tertiary alicyclic amines) is 2. The number of halogens is 4. The van der Waals surface area contributed by atoms with E-state index in [1.54, 1.807) is 16.9 Å². The Hall–Kier alpha value is -4.36. The first-order chi connectivity index (χ1) is 28.8. The summed E-state index contributed by atoms with van der Waals surface area (Å²) >= 11 is 6.14. The Morgan fingerprint density at radius 2 is 1.57 bits per heavy atom. The summed E-state index contributed by atoms with van der Waals surface area (Å²) in [5.41, 5.74) is 5.79. The van der Waals surface area contributed by atoms with Crippen LogP contribution in [0.1, 0.15) is 42.4 Å². The molecule has 0 unspecified atom stereocenters. The van der Waals surface area contributed by atoms with Crippen molar-refractivity contribution in [1.82, 2.24) is 24.5 Å². The summed E-state index contributed by atoms with van der Waals surface area (Å²) in [6.45, 7) is 5.81. The fraction of sp³-hybridized carbons (Fsp3) is 0.610. The average molecular weight is 866 g/mol. The van der Waals surface area contributed by atoms with Gasteiger partial charge in [0, 0.05) is 90.2 Å². The largest absolute Gasteiger partial charge is 0.462 e. The molecule has 3 N–H and O–H groups in total. The van der Waals surface area contributed by atoms with Crippen molar-refractivity contribution in [1.29, 1.82) is 0 Å². The second-order valence-electron chi connectivity index (χ2n) is 15.6. The number of anilines is 2. The van der Waals surface area contributed by atoms with E-state index in [9.17, 15) is 32.3 Å². The number of piperidine rings is 2. The Bertz CT molecular complexity index is 1800. The first-order valence-electron chi connectivity index (χ1n) is 20.5. The van der Waals surface area contributed by atoms with E-state index >= 15 is 0 Å². The number of amides is 4. The summed E-state index contributed by atoms with van der Waals surface area (Å²) < 4.78 is 63.2. The van der Waals surface area contributed by atoms with Gasteiger partial charge >= 0.3 is 24.3 Å². The number of methoxy groups -OCH3 is 1. The van der Waals surface area contributed by atoms with E-state index < -0.39 is 35.5 Å². The second kappa shape index (κ2) is 20.9. The molecule has 3 fully saturated rings. The molecule has 6 rings (SSSR count). The number of piperazine rings is 1. The van der Waals surface area contributed by atoms with Crippen molar-refractivity contribution in [2.45, 2.75) is 62.9 Å². The molecule has 4 aliphatic rings. The first kappa shape index (κ1) is 45.2. The maximum atomic E-state index is 14.2. The molecule has 4 amide bonds. The number of ether oxygens (including phenoxy) is 4. The van der Waals surface area contributed by atoms with Crippen LogP contribution in [0.15, 0.2) is 36.4 Å². The zero-order valence-corrected chi connectivity index (χ0v) is 34.7. The van der Waals surface area contributed by atoms with E-state index in [4.69, 9.17) is 36.3 Å². The number of nitrogens with one attached hydrogen (secondary N) is 1. The molecular weight excluding hydrogens is 811 g/mol. The molecule has 4 heterocycles. The molecule has 0 aliphatic carbocycles. The Balaban J connectivity index is 1.03. The van der Waals surface area contributed by atoms with Crippen LogP contribution in [0.2, 0.25) is 5.02 Å². The molecule has 1 atom stereocenters. The molecule has 15 nitrogen and oxygen atoms in total. The van der Waals surface area contributed by atoms with Crippen LogP contribution in [-0.2, 0) is 47.6 Å². The van der Waals surface area contributed by atoms with Crippen molar-refractivity contribution in [3.63, 3.8) is 0 Å². The topological polar surface area (TPSA) is 159 Å². The van der Waals surface area contributed by atoms with Crippen LogP contribution in [0.3, 0.4) is 0 Å². The minimum Gasteiger partial charge on any atom is -0.462 e. The van der Waals surface area contributed by atoms with Crippen LogP contribution in [0.4, 0.5) is 34.1 Å². The van der Waals surface area contributed by atoms with Crippen LogP contribution in [0, 0.1) is 0 Å². The lowest BCUT2D eigenvalue weighted by atomic mass is 10.0. The van der Waals surface area contributed by atoms with Crippen molar-refractivity contribution in [2.75, 3.05) is 110 Å². The summed E-state index contributed by atoms with van der Waals surface area (Å²) in [5, 5.41) is 2.66. The lowest BCUT2D eigenvalue weighted by Gasteiger charge is -2.43. The fourth-order valence-corrected chi connectivity index (χ4v) is 8.60. The van der Waals surface area contributed by atoms with Crippen molar-refractivity contribution >= 4 is 47.0 Å². The van der Waals surface area contributed by atoms with E-state index in [1.807, 2.05) is 24.3 Å². The molecule has 60 heavy (non-hydrogen) atoms. The number of carbonyl (C=O) groups excluding carboxylic acids is 4. The number of carbonyl (C=O) groups is 4. The minimum atomic E-state index is -4.80. The van der Waals surface area contributed by atoms with Gasteiger partial charge in [0.15, 0.2) is 6.10 Å². The standard InChI is InChI=1S/C41H55ClF3N7O8/c1-57-20-21-58-22-23-59-36(53)27-48-11-7-30(8-12-48)49-16-18-50(19-17-49)38(54)35(26-28-24-32(41(43,44)45)37(46)33(42)25-28)60-40(56)51-13-9-31(10-14-51)52-15-6-29-4-2-3-5-34(29)47-39(52)55/h2-5,24-25,30-31,35H,6-23,26-27,46H2,1H3,(H,47,55)/t35-/m1/s1. The number of nitrogen functional groups attached to an aromatic ring is 1. The Morgan fingerprint density at radius 1 is 0.883 bits per heavy atom. The first-order valence-corrected chi connectivity index (χ1v) is 20.9. The summed E-state index contributed by atoms with van der Waals surface area (Å²) in [6, 6.07) is 9.67. The molecule has 3 saturated heterocycles. The van der Waals surface area contributed by atoms with Crippen LogP contribution in [0.25, 0.3) is 0 Å². The number of urea groups is 1. The summed E-state index contributed by atoms with van der Waals surface area (Å²) in [6.07, 6.45) is -4.04. The Kier molecular flexibility index (Phi) is 15.8. The van der Waals surface area contributed by atoms with Crippen molar-refractivity contribution in [3.05, 3.63) is 58.1 Å². The maximum absolute atomic E-state index is 14.2. The van der Waals surface area contributed by atoms with Gasteiger partial charge in [-0.25, -0.2) is 9.59 Å². The smallest absolute Gasteiger partial charge is 0.418 e. The number of alkyl halides is 3. The van der Waals surface area contributed by atoms with Crippen LogP contribution >= 0.6 is 11.6 Å². The number of hydrogen-bond donors (Lipinski definition) is 2. The SMILES string of the molecule is COCCOCCOC(=O)CN1CCC(N2CCN(C(=O)[C@@H](Cc3cc(Cl)c(N)c(C(F)(F)F)c3)OC(=O)N3CCC(N4CCc5ccccc5NC4=O)CC3)CC2)CC1. The quantitative estimate of drug-likeness (QED) is 0.158. The van der Waals surface area contributed by atoms with Crippen molar-refractivity contribution in [2.24, 2.45) is 0 Å². The highest BCUT2D eigenvalue weighted by atomic mass is 35.5. The number of rotatable bonds is 14. The third-order valence-corrected chi connectivity index (χ3v) is 12.0. The molecule has 2 aromatic carbocycles. The Labute approximate surface area is 353 Å². The zero-order chi connectivity index (χ0) is 42.8. The number of benzene rings is 2. The number of nitrogens with two attached hydrogens (primary N) is 1. The van der Waals surface area contributed by atoms with Crippen LogP contribution in [-0.4, -0.2) is 166 Å². The molecule has 4 aliphatic heterocycles. The number of nitrogens with zero attached hydrogens (tertiary/aromatic N) is 5. The van der Waals surface area contributed by atoms with E-state index in [0.29, 0.717) is 84.9 Å². The highest BCUT2D eigenvalue weighted by Crippen LogP contribution is 2.38. The van der Waals surface area contributed by atoms with Crippen molar-refractivity contribution < 1.29 is 51.3 Å². The molecule has 2 aromatic rings. The number of para-hydroxylation sites is 1. The van der Waals surface area contributed by atoms with Gasteiger partial charge in [-0.05, 0) is 61.4 Å². The van der Waals surface area contributed by atoms with Gasteiger partial charge in [0.2, 0.25) is 0 Å². The van der Waals surface area contributed by atoms with E-state index in [2.05, 4.69) is 15.1 Å². The monoisotopic (exact) mass is 865 g/mol. The van der Waals surface area contributed by atoms with Gasteiger partial charge in [0.05, 0.1) is 42.6 Å². The highest BCUT2D eigenvalue weighted by molar-refractivity contribution is 6.33. The van der Waals surface area contributed by atoms with Gasteiger partial charge in [-0.15, -0.1) is 0 Å². The van der Waals surface area contributed by atoms with Gasteiger partial charge in [-0.2, -0.15) is 13.2 Å². The van der Waals surface area contributed by atoms with Gasteiger partial charge in [-0.1, -0.05) is 29.8 Å². The van der Waals surface area contributed by atoms with Crippen LogP contribution in [0.5, 0.6) is 0 Å². The Morgan fingerprint density at radius 3 is 2.27 bits per heavy atom. The second-order valence-corrected chi connectivity index (χ2v) is 16.0. The molecular formula is C41H55ClF3N7O8. The molecule has 330 valence electrons. The van der Waals surface area contributed by atoms with Gasteiger partial charge in [0.1, 0.15) is 6.61 Å². The minimum absolute atomic E-state index is 0.0456. The summed E-state index contributed by atoms with van der Waals surface area (Å²) in [4.78, 5) is 62.5. The van der Waals surface area contributed by atoms with Gasteiger partial charge < -0.3 is 44.7 Å². The molecule has 19 heteroatoms. The summed E-state index contributed by atoms with van der Waals surface area (Å²) in [5.74, 6) is -0.822. The predicted molar refractivity (Wildman–Crippen MR) is 217 cm³/mol. The zero-order valence-electron chi connectivity index (χ0n) is 33.9. The molecule has 0 spiro atoms. The predicted octanol–water partition coefficient (Wildman–Crippen LogP) is 4.36. The third kappa shape index (κ3) is 11.9. The molecule has 0 saturated carbocycles. The fourth-order valence-electron chi connectivity index (χ4n) is 8.35. The third-order valence-electron chi connectivity index (χ3n) is 11.7. The maximum Gasteiger partial charge on any atom is 0.418 e. The number of esters is 1. The van der Waals surface area contributed by atoms with Crippen LogP contribution < -0.4 is 11.1 Å². The van der Waals surface area contributed by atoms with E-state index in [0.717, 1.165) is 30.2 Å². The molecule has 0 aromatic heterocycles.